The first-order valence-electron chi connectivity index (χ1n) is 7.91. The summed E-state index contributed by atoms with van der Waals surface area (Å²) < 4.78 is 19.8. The zero-order valence-corrected chi connectivity index (χ0v) is 15.0. The number of aromatic nitrogens is 1. The maximum atomic E-state index is 14.4. The maximum Gasteiger partial charge on any atom is 0.275 e. The summed E-state index contributed by atoms with van der Waals surface area (Å²) in [6, 6.07) is 7.34. The lowest BCUT2D eigenvalue weighted by molar-refractivity contribution is 0.102. The fourth-order valence-electron chi connectivity index (χ4n) is 2.75. The Morgan fingerprint density at radius 3 is 2.93 bits per heavy atom. The Balaban J connectivity index is 1.90. The number of halogens is 2. The summed E-state index contributed by atoms with van der Waals surface area (Å²) in [5.41, 5.74) is 5.48. The van der Waals surface area contributed by atoms with Gasteiger partial charge in [0.1, 0.15) is 35.6 Å². The molecule has 2 heterocycles. The van der Waals surface area contributed by atoms with Gasteiger partial charge in [0.15, 0.2) is 0 Å². The summed E-state index contributed by atoms with van der Waals surface area (Å²) >= 11 is 6.00. The highest BCUT2D eigenvalue weighted by Gasteiger charge is 2.33. The Hall–Kier alpha value is -3.02. The molecule has 0 saturated heterocycles. The number of benzene rings is 1. The molecule has 0 fully saturated rings. The summed E-state index contributed by atoms with van der Waals surface area (Å²) in [5, 5.41) is 11.5. The molecule has 1 aliphatic heterocycles. The van der Waals surface area contributed by atoms with E-state index >= 15 is 0 Å². The molecule has 1 atom stereocenters. The SMILES string of the molecule is CC1(c2cc(NC(=O)c3ncc(C#N)cc3Cl)ccc2F)COCC(N)=N1. The Morgan fingerprint density at radius 2 is 2.26 bits per heavy atom. The van der Waals surface area contributed by atoms with Gasteiger partial charge in [-0.15, -0.1) is 0 Å². The third-order valence-corrected chi connectivity index (χ3v) is 4.30. The van der Waals surface area contributed by atoms with E-state index in [9.17, 15) is 9.18 Å². The van der Waals surface area contributed by atoms with Gasteiger partial charge in [-0.3, -0.25) is 9.79 Å². The van der Waals surface area contributed by atoms with Gasteiger partial charge >= 0.3 is 0 Å². The van der Waals surface area contributed by atoms with Crippen molar-refractivity contribution in [1.82, 2.24) is 4.98 Å². The predicted octanol–water partition coefficient (Wildman–Crippen LogP) is 2.60. The van der Waals surface area contributed by atoms with Crippen molar-refractivity contribution < 1.29 is 13.9 Å². The molecule has 138 valence electrons. The van der Waals surface area contributed by atoms with Crippen molar-refractivity contribution in [3.8, 4) is 6.07 Å². The van der Waals surface area contributed by atoms with Gasteiger partial charge in [-0.2, -0.15) is 5.26 Å². The van der Waals surface area contributed by atoms with Crippen LogP contribution >= 0.6 is 11.6 Å². The number of nitrogens with one attached hydrogen (secondary N) is 1. The smallest absolute Gasteiger partial charge is 0.275 e. The van der Waals surface area contributed by atoms with Crippen LogP contribution in [0.15, 0.2) is 35.5 Å². The molecule has 27 heavy (non-hydrogen) atoms. The lowest BCUT2D eigenvalue weighted by Crippen LogP contribution is -2.38. The molecule has 1 aromatic heterocycles. The van der Waals surface area contributed by atoms with Crippen molar-refractivity contribution in [1.29, 1.82) is 5.26 Å². The molecular formula is C18H15ClFN5O2. The molecule has 0 spiro atoms. The van der Waals surface area contributed by atoms with Gasteiger partial charge in [0.25, 0.3) is 5.91 Å². The van der Waals surface area contributed by atoms with Crippen LogP contribution < -0.4 is 11.1 Å². The number of pyridine rings is 1. The van der Waals surface area contributed by atoms with Gasteiger partial charge in [-0.1, -0.05) is 11.6 Å². The Kier molecular flexibility index (Phi) is 5.08. The number of amides is 1. The van der Waals surface area contributed by atoms with Crippen LogP contribution in [0.1, 0.15) is 28.5 Å². The zero-order chi connectivity index (χ0) is 19.6. The van der Waals surface area contributed by atoms with Crippen LogP contribution in [0.3, 0.4) is 0 Å². The predicted molar refractivity (Wildman–Crippen MR) is 98.1 cm³/mol. The van der Waals surface area contributed by atoms with Crippen molar-refractivity contribution >= 4 is 29.0 Å². The quantitative estimate of drug-likeness (QED) is 0.840. The van der Waals surface area contributed by atoms with Gasteiger partial charge < -0.3 is 15.8 Å². The molecule has 0 bridgehead atoms. The van der Waals surface area contributed by atoms with E-state index in [1.807, 2.05) is 6.07 Å². The average Bonchev–Trinajstić information content (AvgIpc) is 2.62. The number of amidine groups is 1. The van der Waals surface area contributed by atoms with Gasteiger partial charge in [-0.25, -0.2) is 9.37 Å². The summed E-state index contributed by atoms with van der Waals surface area (Å²) in [6.45, 7) is 2.05. The third-order valence-electron chi connectivity index (χ3n) is 4.01. The number of nitriles is 1. The average molecular weight is 388 g/mol. The van der Waals surface area contributed by atoms with Crippen LogP contribution in [0.2, 0.25) is 5.02 Å². The van der Waals surface area contributed by atoms with Crippen molar-refractivity contribution in [2.24, 2.45) is 10.7 Å². The number of carbonyl (C=O) groups excluding carboxylic acids is 1. The minimum absolute atomic E-state index is 0.0406. The maximum absolute atomic E-state index is 14.4. The summed E-state index contributed by atoms with van der Waals surface area (Å²) in [5.74, 6) is -0.812. The summed E-state index contributed by atoms with van der Waals surface area (Å²) in [4.78, 5) is 20.6. The van der Waals surface area contributed by atoms with E-state index in [1.165, 1.54) is 30.5 Å². The molecule has 1 unspecified atom stereocenters. The number of ether oxygens (including phenoxy) is 1. The number of hydrogen-bond donors (Lipinski definition) is 2. The summed E-state index contributed by atoms with van der Waals surface area (Å²) in [7, 11) is 0. The number of hydrogen-bond acceptors (Lipinski definition) is 6. The number of rotatable bonds is 3. The Bertz CT molecular complexity index is 988. The molecule has 9 heteroatoms. The minimum atomic E-state index is -1.00. The molecular weight excluding hydrogens is 373 g/mol. The molecule has 3 rings (SSSR count). The van der Waals surface area contributed by atoms with E-state index in [-0.39, 0.29) is 40.9 Å². The normalized spacial score (nSPS) is 19.1. The monoisotopic (exact) mass is 387 g/mol. The lowest BCUT2D eigenvalue weighted by Gasteiger charge is -2.30. The molecule has 1 aliphatic rings. The standard InChI is InChI=1S/C18H15ClFN5O2/c1-18(9-27-8-15(22)25-18)12-5-11(2-3-14(12)20)24-17(26)16-13(19)4-10(6-21)7-23-16/h2-5,7H,8-9H2,1H3,(H2,22,25)(H,24,26). The van der Waals surface area contributed by atoms with Crippen LogP contribution in [-0.2, 0) is 10.3 Å². The molecule has 2 aromatic rings. The second kappa shape index (κ2) is 7.31. The topological polar surface area (TPSA) is 113 Å². The van der Waals surface area contributed by atoms with E-state index in [1.54, 1.807) is 6.92 Å². The van der Waals surface area contributed by atoms with Crippen LogP contribution in [0.4, 0.5) is 10.1 Å². The molecule has 1 amide bonds. The molecule has 1 aromatic carbocycles. The van der Waals surface area contributed by atoms with E-state index in [0.717, 1.165) is 0 Å². The van der Waals surface area contributed by atoms with Crippen molar-refractivity contribution in [3.05, 3.63) is 58.1 Å². The molecule has 0 aliphatic carbocycles. The van der Waals surface area contributed by atoms with Gasteiger partial charge in [0.05, 0.1) is 17.2 Å². The van der Waals surface area contributed by atoms with Gasteiger partial charge in [0.2, 0.25) is 0 Å². The highest BCUT2D eigenvalue weighted by molar-refractivity contribution is 6.34. The Labute approximate surface area is 159 Å². The first-order chi connectivity index (χ1) is 12.8. The highest BCUT2D eigenvalue weighted by Crippen LogP contribution is 2.32. The van der Waals surface area contributed by atoms with Crippen molar-refractivity contribution in [3.63, 3.8) is 0 Å². The largest absolute Gasteiger partial charge is 0.386 e. The molecule has 0 radical (unpaired) electrons. The van der Waals surface area contributed by atoms with E-state index in [4.69, 9.17) is 27.3 Å². The Morgan fingerprint density at radius 1 is 1.48 bits per heavy atom. The van der Waals surface area contributed by atoms with E-state index in [2.05, 4.69) is 15.3 Å². The second-order valence-corrected chi connectivity index (χ2v) is 6.59. The van der Waals surface area contributed by atoms with Crippen molar-refractivity contribution in [2.75, 3.05) is 18.5 Å². The number of nitrogens with two attached hydrogens (primary N) is 1. The van der Waals surface area contributed by atoms with Crippen LogP contribution in [0.5, 0.6) is 0 Å². The molecule has 7 nitrogen and oxygen atoms in total. The van der Waals surface area contributed by atoms with Crippen LogP contribution in [0, 0.1) is 17.1 Å². The number of anilines is 1. The van der Waals surface area contributed by atoms with Crippen molar-refractivity contribution in [2.45, 2.75) is 12.5 Å². The van der Waals surface area contributed by atoms with Crippen LogP contribution in [0.25, 0.3) is 0 Å². The van der Waals surface area contributed by atoms with Crippen LogP contribution in [-0.4, -0.2) is 29.9 Å². The molecule has 3 N–H and O–H groups in total. The first kappa shape index (κ1) is 18.8. The second-order valence-electron chi connectivity index (χ2n) is 6.18. The zero-order valence-electron chi connectivity index (χ0n) is 14.3. The highest BCUT2D eigenvalue weighted by atomic mass is 35.5. The fourth-order valence-corrected chi connectivity index (χ4v) is 3.00. The summed E-state index contributed by atoms with van der Waals surface area (Å²) in [6.07, 6.45) is 1.24. The third kappa shape index (κ3) is 3.89. The van der Waals surface area contributed by atoms with Gasteiger partial charge in [0, 0.05) is 17.4 Å². The number of aliphatic imine (C=N–C) groups is 1. The fraction of sp³-hybridized carbons (Fsp3) is 0.222. The minimum Gasteiger partial charge on any atom is -0.386 e. The van der Waals surface area contributed by atoms with Gasteiger partial charge in [-0.05, 0) is 31.2 Å². The lowest BCUT2D eigenvalue weighted by atomic mass is 9.92. The molecule has 0 saturated carbocycles. The first-order valence-corrected chi connectivity index (χ1v) is 8.29. The number of carbonyl (C=O) groups is 1. The number of nitrogens with zero attached hydrogens (tertiary/aromatic N) is 3. The van der Waals surface area contributed by atoms with E-state index in [0.29, 0.717) is 5.69 Å². The van der Waals surface area contributed by atoms with E-state index < -0.39 is 17.3 Å².